The summed E-state index contributed by atoms with van der Waals surface area (Å²) >= 11 is 0. The minimum atomic E-state index is -0.465. The molecule has 0 N–H and O–H groups in total. The van der Waals surface area contributed by atoms with E-state index in [1.165, 1.54) is 11.6 Å². The average Bonchev–Trinajstić information content (AvgIpc) is 2.47. The number of rotatable bonds is 2. The number of carbonyl (C=O) groups excluding carboxylic acids is 1. The number of anilines is 2. The molecule has 2 nitrogen and oxygen atoms in total. The third-order valence-electron chi connectivity index (χ3n) is 3.93. The number of hydrogen-bond acceptors (Lipinski definition) is 2. The molecule has 0 aliphatic carbocycles. The van der Waals surface area contributed by atoms with Crippen molar-refractivity contribution in [2.75, 3.05) is 4.90 Å². The summed E-state index contributed by atoms with van der Waals surface area (Å²) in [6.07, 6.45) is 2.61. The highest BCUT2D eigenvalue weighted by Gasteiger charge is 2.26. The number of aldehydes is 1. The van der Waals surface area contributed by atoms with Gasteiger partial charge < -0.3 is 4.90 Å². The molecule has 1 aliphatic heterocycles. The maximum absolute atomic E-state index is 13.9. The number of hydrogen-bond donors (Lipinski definition) is 0. The summed E-state index contributed by atoms with van der Waals surface area (Å²) < 4.78 is 13.9. The summed E-state index contributed by atoms with van der Waals surface area (Å²) in [5.41, 5.74) is 3.10. The molecule has 0 amide bonds. The third kappa shape index (κ3) is 1.99. The van der Waals surface area contributed by atoms with Crippen molar-refractivity contribution in [3.05, 3.63) is 59.4 Å². The van der Waals surface area contributed by atoms with Crippen LogP contribution in [0.25, 0.3) is 0 Å². The predicted octanol–water partition coefficient (Wildman–Crippen LogP) is 4.11. The molecule has 0 spiro atoms. The van der Waals surface area contributed by atoms with Crippen LogP contribution in [0.2, 0.25) is 0 Å². The van der Waals surface area contributed by atoms with E-state index in [1.54, 1.807) is 6.07 Å². The minimum absolute atomic E-state index is 0.135. The van der Waals surface area contributed by atoms with Crippen LogP contribution in [0.5, 0.6) is 0 Å². The highest BCUT2D eigenvalue weighted by atomic mass is 19.1. The number of aryl methyl sites for hydroxylation is 1. The van der Waals surface area contributed by atoms with Gasteiger partial charge in [-0.1, -0.05) is 24.3 Å². The van der Waals surface area contributed by atoms with Crippen molar-refractivity contribution >= 4 is 17.7 Å². The van der Waals surface area contributed by atoms with E-state index < -0.39 is 5.82 Å². The molecule has 0 saturated carbocycles. The summed E-state index contributed by atoms with van der Waals surface area (Å²) in [4.78, 5) is 13.3. The summed E-state index contributed by atoms with van der Waals surface area (Å²) in [5, 5.41) is 0. The van der Waals surface area contributed by atoms with E-state index >= 15 is 0 Å². The monoisotopic (exact) mass is 269 g/mol. The summed E-state index contributed by atoms with van der Waals surface area (Å²) in [5.74, 6) is -0.465. The van der Waals surface area contributed by atoms with Gasteiger partial charge in [0.25, 0.3) is 0 Å². The molecule has 1 aliphatic rings. The van der Waals surface area contributed by atoms with E-state index in [9.17, 15) is 9.18 Å². The highest BCUT2D eigenvalue weighted by Crippen LogP contribution is 2.38. The molecule has 0 saturated heterocycles. The van der Waals surface area contributed by atoms with Crippen LogP contribution in [0.3, 0.4) is 0 Å². The fraction of sp³-hybridized carbons (Fsp3) is 0.235. The van der Waals surface area contributed by atoms with Crippen molar-refractivity contribution in [1.82, 2.24) is 0 Å². The molecule has 102 valence electrons. The lowest BCUT2D eigenvalue weighted by Crippen LogP contribution is -2.34. The standard InChI is InChI=1S/C17H16FNO/c1-12-9-10-13-5-2-3-7-16(13)19(12)17-8-4-6-15(18)14(17)11-20/h2-8,11-12H,9-10H2,1H3. The number of fused-ring (bicyclic) bond motifs is 1. The summed E-state index contributed by atoms with van der Waals surface area (Å²) in [7, 11) is 0. The lowest BCUT2D eigenvalue weighted by atomic mass is 9.95. The molecule has 2 aromatic rings. The Kier molecular flexibility index (Phi) is 3.26. The second-order valence-electron chi connectivity index (χ2n) is 5.18. The Hall–Kier alpha value is -2.16. The molecular weight excluding hydrogens is 253 g/mol. The van der Waals surface area contributed by atoms with Crippen LogP contribution in [0.15, 0.2) is 42.5 Å². The van der Waals surface area contributed by atoms with Gasteiger partial charge in [-0.2, -0.15) is 0 Å². The molecule has 1 heterocycles. The normalized spacial score (nSPS) is 17.7. The highest BCUT2D eigenvalue weighted by molar-refractivity contribution is 5.88. The maximum atomic E-state index is 13.9. The molecule has 2 aromatic carbocycles. The Balaban J connectivity index is 2.19. The first-order valence-electron chi connectivity index (χ1n) is 6.83. The van der Waals surface area contributed by atoms with Gasteiger partial charge in [-0.05, 0) is 43.5 Å². The Morgan fingerprint density at radius 2 is 1.90 bits per heavy atom. The maximum Gasteiger partial charge on any atom is 0.155 e. The van der Waals surface area contributed by atoms with Gasteiger partial charge in [0, 0.05) is 11.7 Å². The number of benzene rings is 2. The molecule has 0 fully saturated rings. The van der Waals surface area contributed by atoms with Gasteiger partial charge in [0.15, 0.2) is 6.29 Å². The van der Waals surface area contributed by atoms with Gasteiger partial charge in [-0.25, -0.2) is 4.39 Å². The van der Waals surface area contributed by atoms with E-state index in [0.717, 1.165) is 18.5 Å². The first-order valence-corrected chi connectivity index (χ1v) is 6.83. The van der Waals surface area contributed by atoms with E-state index in [2.05, 4.69) is 17.9 Å². The van der Waals surface area contributed by atoms with Crippen molar-refractivity contribution in [2.24, 2.45) is 0 Å². The zero-order chi connectivity index (χ0) is 14.1. The summed E-state index contributed by atoms with van der Waals surface area (Å²) in [6.45, 7) is 2.11. The van der Waals surface area contributed by atoms with Crippen LogP contribution < -0.4 is 4.90 Å². The second kappa shape index (κ2) is 5.08. The number of nitrogens with zero attached hydrogens (tertiary/aromatic N) is 1. The quantitative estimate of drug-likeness (QED) is 0.765. The van der Waals surface area contributed by atoms with Crippen LogP contribution >= 0.6 is 0 Å². The van der Waals surface area contributed by atoms with Gasteiger partial charge >= 0.3 is 0 Å². The van der Waals surface area contributed by atoms with E-state index in [-0.39, 0.29) is 11.6 Å². The second-order valence-corrected chi connectivity index (χ2v) is 5.18. The van der Waals surface area contributed by atoms with Gasteiger partial charge in [-0.15, -0.1) is 0 Å². The number of halogens is 1. The molecule has 1 unspecified atom stereocenters. The van der Waals surface area contributed by atoms with Crippen LogP contribution in [0.1, 0.15) is 29.3 Å². The molecule has 3 rings (SSSR count). The Labute approximate surface area is 117 Å². The van der Waals surface area contributed by atoms with Crippen molar-refractivity contribution in [3.8, 4) is 0 Å². The van der Waals surface area contributed by atoms with Gasteiger partial charge in [0.1, 0.15) is 5.82 Å². The third-order valence-corrected chi connectivity index (χ3v) is 3.93. The molecule has 0 aromatic heterocycles. The van der Waals surface area contributed by atoms with Crippen LogP contribution in [-0.2, 0) is 6.42 Å². The van der Waals surface area contributed by atoms with Gasteiger partial charge in [0.05, 0.1) is 11.3 Å². The molecule has 1 atom stereocenters. The van der Waals surface area contributed by atoms with Crippen molar-refractivity contribution in [1.29, 1.82) is 0 Å². The largest absolute Gasteiger partial charge is 0.338 e. The Morgan fingerprint density at radius 3 is 2.70 bits per heavy atom. The van der Waals surface area contributed by atoms with E-state index in [4.69, 9.17) is 0 Å². The molecule has 3 heteroatoms. The predicted molar refractivity (Wildman–Crippen MR) is 78.2 cm³/mol. The number of para-hydroxylation sites is 1. The fourth-order valence-corrected chi connectivity index (χ4v) is 2.91. The zero-order valence-corrected chi connectivity index (χ0v) is 11.3. The van der Waals surface area contributed by atoms with E-state index in [0.29, 0.717) is 12.0 Å². The van der Waals surface area contributed by atoms with Crippen molar-refractivity contribution < 1.29 is 9.18 Å². The smallest absolute Gasteiger partial charge is 0.155 e. The van der Waals surface area contributed by atoms with Gasteiger partial charge in [0.2, 0.25) is 0 Å². The van der Waals surface area contributed by atoms with Crippen LogP contribution in [0.4, 0.5) is 15.8 Å². The Bertz CT molecular complexity index is 653. The first-order chi connectivity index (χ1) is 9.72. The van der Waals surface area contributed by atoms with Crippen LogP contribution in [0, 0.1) is 5.82 Å². The molecular formula is C17H16FNO. The fourth-order valence-electron chi connectivity index (χ4n) is 2.91. The lowest BCUT2D eigenvalue weighted by Gasteiger charge is -2.37. The topological polar surface area (TPSA) is 20.3 Å². The molecule has 20 heavy (non-hydrogen) atoms. The lowest BCUT2D eigenvalue weighted by molar-refractivity contribution is 0.112. The molecule has 0 radical (unpaired) electrons. The van der Waals surface area contributed by atoms with E-state index in [1.807, 2.05) is 24.3 Å². The SMILES string of the molecule is CC1CCc2ccccc2N1c1cccc(F)c1C=O. The molecule has 0 bridgehead atoms. The van der Waals surface area contributed by atoms with Crippen molar-refractivity contribution in [3.63, 3.8) is 0 Å². The Morgan fingerprint density at radius 1 is 1.15 bits per heavy atom. The first kappa shape index (κ1) is 12.9. The van der Waals surface area contributed by atoms with Crippen molar-refractivity contribution in [2.45, 2.75) is 25.8 Å². The average molecular weight is 269 g/mol. The van der Waals surface area contributed by atoms with Crippen LogP contribution in [-0.4, -0.2) is 12.3 Å². The summed E-state index contributed by atoms with van der Waals surface area (Å²) in [6, 6.07) is 13.1. The van der Waals surface area contributed by atoms with Gasteiger partial charge in [-0.3, -0.25) is 4.79 Å². The minimum Gasteiger partial charge on any atom is -0.338 e. The zero-order valence-electron chi connectivity index (χ0n) is 11.3. The number of carbonyl (C=O) groups is 1.